The zero-order chi connectivity index (χ0) is 22.5. The second-order valence-electron chi connectivity index (χ2n) is 7.42. The van der Waals surface area contributed by atoms with Crippen LogP contribution in [-0.4, -0.2) is 71.3 Å². The van der Waals surface area contributed by atoms with Crippen LogP contribution in [0.5, 0.6) is 11.5 Å². The van der Waals surface area contributed by atoms with E-state index in [9.17, 15) is 19.2 Å². The van der Waals surface area contributed by atoms with Crippen molar-refractivity contribution in [2.75, 3.05) is 33.4 Å². The number of nitrogens with zero attached hydrogens (tertiary/aromatic N) is 2. The summed E-state index contributed by atoms with van der Waals surface area (Å²) in [5.41, 5.74) is 0.571. The van der Waals surface area contributed by atoms with Gasteiger partial charge < -0.3 is 19.5 Å². The summed E-state index contributed by atoms with van der Waals surface area (Å²) in [6.45, 7) is 2.65. The number of amides is 3. The third-order valence-electron chi connectivity index (χ3n) is 5.14. The minimum atomic E-state index is -1.12. The third-order valence-corrected chi connectivity index (χ3v) is 6.05. The van der Waals surface area contributed by atoms with Gasteiger partial charge in [-0.15, -0.1) is 0 Å². The summed E-state index contributed by atoms with van der Waals surface area (Å²) in [5.74, 6) is -0.744. The quantitative estimate of drug-likeness (QED) is 0.633. The zero-order valence-electron chi connectivity index (χ0n) is 17.3. The lowest BCUT2D eigenvalue weighted by Gasteiger charge is -2.31. The van der Waals surface area contributed by atoms with Crippen molar-refractivity contribution in [1.29, 1.82) is 0 Å². The molecule has 2 saturated heterocycles. The molecule has 0 atom stereocenters. The van der Waals surface area contributed by atoms with E-state index < -0.39 is 23.7 Å². The molecule has 166 valence electrons. The number of likely N-dealkylation sites (tertiary alicyclic amines) is 1. The Labute approximate surface area is 184 Å². The van der Waals surface area contributed by atoms with Gasteiger partial charge in [-0.25, -0.2) is 4.79 Å². The van der Waals surface area contributed by atoms with Gasteiger partial charge in [0.15, 0.2) is 18.1 Å². The molecule has 31 heavy (non-hydrogen) atoms. The largest absolute Gasteiger partial charge is 0.493 e. The van der Waals surface area contributed by atoms with Gasteiger partial charge in [-0.05, 0) is 54.3 Å². The van der Waals surface area contributed by atoms with Crippen molar-refractivity contribution in [2.24, 2.45) is 5.92 Å². The average Bonchev–Trinajstić information content (AvgIpc) is 3.00. The Morgan fingerprint density at radius 3 is 2.58 bits per heavy atom. The maximum absolute atomic E-state index is 12.7. The predicted octanol–water partition coefficient (Wildman–Crippen LogP) is 2.45. The van der Waals surface area contributed by atoms with Gasteiger partial charge in [0.05, 0.1) is 12.0 Å². The van der Waals surface area contributed by atoms with Crippen molar-refractivity contribution >= 4 is 40.9 Å². The fourth-order valence-corrected chi connectivity index (χ4v) is 4.15. The van der Waals surface area contributed by atoms with Crippen LogP contribution in [0.15, 0.2) is 23.1 Å². The Morgan fingerprint density at radius 2 is 1.94 bits per heavy atom. The predicted molar refractivity (Wildman–Crippen MR) is 114 cm³/mol. The summed E-state index contributed by atoms with van der Waals surface area (Å²) >= 11 is 0.776. The number of hydrogen-bond donors (Lipinski definition) is 1. The molecule has 3 rings (SSSR count). The summed E-state index contributed by atoms with van der Waals surface area (Å²) in [5, 5.41) is 8.26. The van der Waals surface area contributed by atoms with Crippen LogP contribution in [-0.2, 0) is 14.4 Å². The molecule has 0 aromatic heterocycles. The first-order valence-electron chi connectivity index (χ1n) is 9.84. The number of ether oxygens (including phenoxy) is 2. The summed E-state index contributed by atoms with van der Waals surface area (Å²) in [7, 11) is 1.41. The Bertz CT molecular complexity index is 922. The molecule has 0 aliphatic carbocycles. The lowest BCUT2D eigenvalue weighted by molar-refractivity contribution is -0.139. The van der Waals surface area contributed by atoms with E-state index in [-0.39, 0.29) is 23.1 Å². The second kappa shape index (κ2) is 9.86. The molecule has 9 nitrogen and oxygen atoms in total. The number of benzene rings is 1. The third kappa shape index (κ3) is 5.57. The molecule has 0 saturated carbocycles. The van der Waals surface area contributed by atoms with Crippen LogP contribution in [0.2, 0.25) is 0 Å². The molecule has 10 heteroatoms. The van der Waals surface area contributed by atoms with Crippen molar-refractivity contribution in [2.45, 2.75) is 19.8 Å². The highest BCUT2D eigenvalue weighted by Gasteiger charge is 2.37. The lowest BCUT2D eigenvalue weighted by Crippen LogP contribution is -2.45. The molecular formula is C21H24N2O7S. The Balaban J connectivity index is 1.69. The normalized spacial score (nSPS) is 18.6. The van der Waals surface area contributed by atoms with E-state index in [0.29, 0.717) is 30.3 Å². The fourth-order valence-electron chi connectivity index (χ4n) is 3.31. The van der Waals surface area contributed by atoms with Gasteiger partial charge in [0.1, 0.15) is 6.54 Å². The number of imide groups is 1. The smallest absolute Gasteiger partial charge is 0.341 e. The van der Waals surface area contributed by atoms with Crippen LogP contribution in [0.25, 0.3) is 6.08 Å². The molecule has 2 aliphatic heterocycles. The number of carboxylic acids is 1. The number of piperidine rings is 1. The highest BCUT2D eigenvalue weighted by atomic mass is 32.2. The molecule has 0 bridgehead atoms. The molecule has 2 heterocycles. The number of aliphatic carboxylic acids is 1. The molecule has 2 aliphatic rings. The van der Waals surface area contributed by atoms with Crippen molar-refractivity contribution in [1.82, 2.24) is 9.80 Å². The number of carbonyl (C=O) groups excluding carboxylic acids is 3. The monoisotopic (exact) mass is 448 g/mol. The number of carboxylic acid groups (broad SMARTS) is 1. The minimum Gasteiger partial charge on any atom is -0.493 e. The topological polar surface area (TPSA) is 113 Å². The van der Waals surface area contributed by atoms with Crippen molar-refractivity contribution < 1.29 is 33.8 Å². The Morgan fingerprint density at radius 1 is 1.23 bits per heavy atom. The average molecular weight is 448 g/mol. The molecule has 1 aromatic rings. The lowest BCUT2D eigenvalue weighted by atomic mass is 9.99. The molecular weight excluding hydrogens is 424 g/mol. The van der Waals surface area contributed by atoms with Gasteiger partial charge in [0.2, 0.25) is 5.91 Å². The van der Waals surface area contributed by atoms with E-state index in [4.69, 9.17) is 14.6 Å². The Hall–Kier alpha value is -3.01. The van der Waals surface area contributed by atoms with Crippen LogP contribution < -0.4 is 9.47 Å². The van der Waals surface area contributed by atoms with E-state index in [0.717, 1.165) is 29.5 Å². The van der Waals surface area contributed by atoms with E-state index in [2.05, 4.69) is 6.92 Å². The van der Waals surface area contributed by atoms with E-state index in [1.54, 1.807) is 17.0 Å². The molecule has 1 aromatic carbocycles. The summed E-state index contributed by atoms with van der Waals surface area (Å²) < 4.78 is 10.4. The van der Waals surface area contributed by atoms with Crippen LogP contribution in [0.4, 0.5) is 4.79 Å². The summed E-state index contributed by atoms with van der Waals surface area (Å²) in [4.78, 5) is 51.1. The van der Waals surface area contributed by atoms with Gasteiger partial charge in [0.25, 0.3) is 11.1 Å². The van der Waals surface area contributed by atoms with Crippen LogP contribution in [0.3, 0.4) is 0 Å². The first kappa shape index (κ1) is 22.7. The number of methoxy groups -OCH3 is 1. The summed E-state index contributed by atoms with van der Waals surface area (Å²) in [6.07, 6.45) is 3.37. The van der Waals surface area contributed by atoms with Crippen molar-refractivity contribution in [3.63, 3.8) is 0 Å². The number of rotatable bonds is 7. The highest BCUT2D eigenvalue weighted by Crippen LogP contribution is 2.34. The maximum atomic E-state index is 12.7. The molecule has 1 N–H and O–H groups in total. The molecule has 0 radical (unpaired) electrons. The second-order valence-corrected chi connectivity index (χ2v) is 8.42. The first-order chi connectivity index (χ1) is 14.8. The van der Waals surface area contributed by atoms with E-state index >= 15 is 0 Å². The molecule has 2 fully saturated rings. The van der Waals surface area contributed by atoms with Gasteiger partial charge in [-0.1, -0.05) is 13.0 Å². The SMILES string of the molecule is COc1cc(C=C2SC(=O)N(CC(=O)N3CCC(C)CC3)C2=O)ccc1OCC(=O)O. The maximum Gasteiger partial charge on any atom is 0.341 e. The van der Waals surface area contributed by atoms with Gasteiger partial charge in [-0.3, -0.25) is 19.3 Å². The van der Waals surface area contributed by atoms with Gasteiger partial charge in [0, 0.05) is 13.1 Å². The highest BCUT2D eigenvalue weighted by molar-refractivity contribution is 8.18. The van der Waals surface area contributed by atoms with Crippen LogP contribution in [0, 0.1) is 5.92 Å². The zero-order valence-corrected chi connectivity index (χ0v) is 18.1. The van der Waals surface area contributed by atoms with Gasteiger partial charge in [-0.2, -0.15) is 0 Å². The minimum absolute atomic E-state index is 0.200. The number of hydrogen-bond acceptors (Lipinski definition) is 7. The van der Waals surface area contributed by atoms with Gasteiger partial charge >= 0.3 is 5.97 Å². The van der Waals surface area contributed by atoms with Crippen LogP contribution in [0.1, 0.15) is 25.3 Å². The summed E-state index contributed by atoms with van der Waals surface area (Å²) in [6, 6.07) is 4.72. The standard InChI is InChI=1S/C21H24N2O7S/c1-13-5-7-22(8-6-13)18(24)11-23-20(27)17(31-21(23)28)10-14-3-4-15(16(9-14)29-2)30-12-19(25)26/h3-4,9-10,13H,5-8,11-12H2,1-2H3,(H,25,26). The van der Waals surface area contributed by atoms with Crippen LogP contribution >= 0.6 is 11.8 Å². The van der Waals surface area contributed by atoms with Crippen molar-refractivity contribution in [3.8, 4) is 11.5 Å². The molecule has 0 spiro atoms. The molecule has 0 unspecified atom stereocenters. The molecule has 3 amide bonds. The van der Waals surface area contributed by atoms with Crippen molar-refractivity contribution in [3.05, 3.63) is 28.7 Å². The van der Waals surface area contributed by atoms with E-state index in [1.807, 2.05) is 0 Å². The fraction of sp³-hybridized carbons (Fsp3) is 0.429. The first-order valence-corrected chi connectivity index (χ1v) is 10.7. The number of carbonyl (C=O) groups is 4. The Kier molecular flexibility index (Phi) is 7.21. The van der Waals surface area contributed by atoms with E-state index in [1.165, 1.54) is 19.3 Å². The number of thioether (sulfide) groups is 1.